The van der Waals surface area contributed by atoms with Gasteiger partial charge in [0.1, 0.15) is 17.9 Å². The second kappa shape index (κ2) is 5.56. The van der Waals surface area contributed by atoms with Crippen molar-refractivity contribution in [2.45, 2.75) is 13.3 Å². The highest BCUT2D eigenvalue weighted by molar-refractivity contribution is 5.76. The van der Waals surface area contributed by atoms with Crippen molar-refractivity contribution in [2.24, 2.45) is 0 Å². The minimum Gasteiger partial charge on any atom is -0.496 e. The molecule has 4 N–H and O–H groups in total. The van der Waals surface area contributed by atoms with Gasteiger partial charge in [-0.2, -0.15) is 4.98 Å². The van der Waals surface area contributed by atoms with Gasteiger partial charge in [0.25, 0.3) is 0 Å². The van der Waals surface area contributed by atoms with Crippen LogP contribution in [0.2, 0.25) is 0 Å². The van der Waals surface area contributed by atoms with Crippen LogP contribution in [-0.4, -0.2) is 23.4 Å². The van der Waals surface area contributed by atoms with Gasteiger partial charge in [-0.25, -0.2) is 4.98 Å². The fourth-order valence-electron chi connectivity index (χ4n) is 2.03. The number of ether oxygens (including phenoxy) is 1. The van der Waals surface area contributed by atoms with Gasteiger partial charge in [0.2, 0.25) is 5.95 Å². The van der Waals surface area contributed by atoms with Gasteiger partial charge >= 0.3 is 0 Å². The molecule has 6 nitrogen and oxygen atoms in total. The van der Waals surface area contributed by atoms with E-state index < -0.39 is 0 Å². The number of benzene rings is 1. The summed E-state index contributed by atoms with van der Waals surface area (Å²) in [6.07, 6.45) is 1.29. The number of nitrogen functional groups attached to an aromatic ring is 2. The average Bonchev–Trinajstić information content (AvgIpc) is 2.42. The molecule has 6 heteroatoms. The van der Waals surface area contributed by atoms with E-state index in [1.807, 2.05) is 13.0 Å². The standard InChI is InChI=1S/C14H16N4O2/c1-8-11(13(15)18-14(16)17-8)6-10-4-3-9(7-19)5-12(10)20-2/h3-5,7H,6H2,1-2H3,(H4,15,16,17,18). The fourth-order valence-corrected chi connectivity index (χ4v) is 2.03. The van der Waals surface area contributed by atoms with Crippen LogP contribution < -0.4 is 16.2 Å². The van der Waals surface area contributed by atoms with Crippen molar-refractivity contribution >= 4 is 18.1 Å². The lowest BCUT2D eigenvalue weighted by atomic mass is 10.0. The molecule has 0 saturated heterocycles. The number of anilines is 2. The number of rotatable bonds is 4. The number of aromatic nitrogens is 2. The Morgan fingerprint density at radius 1 is 1.30 bits per heavy atom. The summed E-state index contributed by atoms with van der Waals surface area (Å²) in [5.74, 6) is 1.15. The maximum Gasteiger partial charge on any atom is 0.222 e. The van der Waals surface area contributed by atoms with Gasteiger partial charge in [-0.1, -0.05) is 12.1 Å². The van der Waals surface area contributed by atoms with E-state index in [-0.39, 0.29) is 5.95 Å². The van der Waals surface area contributed by atoms with E-state index in [0.29, 0.717) is 23.6 Å². The highest BCUT2D eigenvalue weighted by atomic mass is 16.5. The molecule has 0 fully saturated rings. The largest absolute Gasteiger partial charge is 0.496 e. The minimum absolute atomic E-state index is 0.159. The van der Waals surface area contributed by atoms with Crippen LogP contribution in [0.5, 0.6) is 5.75 Å². The first kappa shape index (κ1) is 13.8. The monoisotopic (exact) mass is 272 g/mol. The van der Waals surface area contributed by atoms with Gasteiger partial charge in [0.05, 0.1) is 7.11 Å². The molecule has 0 spiro atoms. The summed E-state index contributed by atoms with van der Waals surface area (Å²) in [4.78, 5) is 18.9. The summed E-state index contributed by atoms with van der Waals surface area (Å²) in [5, 5.41) is 0. The van der Waals surface area contributed by atoms with Crippen LogP contribution in [0.4, 0.5) is 11.8 Å². The Labute approximate surface area is 116 Å². The predicted octanol–water partition coefficient (Wildman–Crippen LogP) is 1.36. The first-order valence-electron chi connectivity index (χ1n) is 6.05. The van der Waals surface area contributed by atoms with Crippen LogP contribution in [0.15, 0.2) is 18.2 Å². The summed E-state index contributed by atoms with van der Waals surface area (Å²) in [6.45, 7) is 1.83. The van der Waals surface area contributed by atoms with Crippen molar-refractivity contribution < 1.29 is 9.53 Å². The number of aryl methyl sites for hydroxylation is 1. The van der Waals surface area contributed by atoms with Gasteiger partial charge in [-0.05, 0) is 18.6 Å². The zero-order chi connectivity index (χ0) is 14.7. The van der Waals surface area contributed by atoms with E-state index in [2.05, 4.69) is 9.97 Å². The maximum absolute atomic E-state index is 10.8. The molecule has 20 heavy (non-hydrogen) atoms. The second-order valence-corrected chi connectivity index (χ2v) is 4.40. The lowest BCUT2D eigenvalue weighted by Gasteiger charge is -2.12. The minimum atomic E-state index is 0.159. The number of carbonyl (C=O) groups excluding carboxylic acids is 1. The Hall–Kier alpha value is -2.63. The van der Waals surface area contributed by atoms with Crippen LogP contribution >= 0.6 is 0 Å². The van der Waals surface area contributed by atoms with Gasteiger partial charge < -0.3 is 16.2 Å². The maximum atomic E-state index is 10.8. The van der Waals surface area contributed by atoms with Crippen LogP contribution in [0, 0.1) is 6.92 Å². The third-order valence-electron chi connectivity index (χ3n) is 3.08. The molecule has 0 unspecified atom stereocenters. The van der Waals surface area contributed by atoms with E-state index in [9.17, 15) is 4.79 Å². The molecule has 0 aliphatic carbocycles. The van der Waals surface area contributed by atoms with Gasteiger partial charge in [0, 0.05) is 23.2 Å². The average molecular weight is 272 g/mol. The molecule has 0 aliphatic heterocycles. The number of nitrogens with two attached hydrogens (primary N) is 2. The van der Waals surface area contributed by atoms with E-state index in [4.69, 9.17) is 16.2 Å². The molecule has 2 rings (SSSR count). The quantitative estimate of drug-likeness (QED) is 0.814. The normalized spacial score (nSPS) is 10.3. The van der Waals surface area contributed by atoms with Gasteiger partial charge in [-0.15, -0.1) is 0 Å². The highest BCUT2D eigenvalue weighted by Gasteiger charge is 2.12. The number of hydrogen-bond donors (Lipinski definition) is 2. The molecule has 0 atom stereocenters. The lowest BCUT2D eigenvalue weighted by Crippen LogP contribution is -2.08. The molecule has 0 radical (unpaired) electrons. The molecular formula is C14H16N4O2. The van der Waals surface area contributed by atoms with Crippen molar-refractivity contribution in [3.8, 4) is 5.75 Å². The first-order valence-corrected chi connectivity index (χ1v) is 6.05. The Bertz CT molecular complexity index is 633. The molecule has 1 aromatic carbocycles. The summed E-state index contributed by atoms with van der Waals surface area (Å²) in [5.41, 5.74) is 14.4. The van der Waals surface area contributed by atoms with E-state index in [1.54, 1.807) is 19.2 Å². The molecule has 1 heterocycles. The number of methoxy groups -OCH3 is 1. The van der Waals surface area contributed by atoms with Crippen LogP contribution in [0.25, 0.3) is 0 Å². The molecule has 104 valence electrons. The SMILES string of the molecule is COc1cc(C=O)ccc1Cc1c(C)nc(N)nc1N. The van der Waals surface area contributed by atoms with Crippen LogP contribution in [0.3, 0.4) is 0 Å². The third-order valence-corrected chi connectivity index (χ3v) is 3.08. The number of nitrogens with zero attached hydrogens (tertiary/aromatic N) is 2. The number of hydrogen-bond acceptors (Lipinski definition) is 6. The lowest BCUT2D eigenvalue weighted by molar-refractivity contribution is 0.112. The predicted molar refractivity (Wildman–Crippen MR) is 76.8 cm³/mol. The number of carbonyl (C=O) groups is 1. The van der Waals surface area contributed by atoms with E-state index in [1.165, 1.54) is 0 Å². The molecular weight excluding hydrogens is 256 g/mol. The van der Waals surface area contributed by atoms with Crippen molar-refractivity contribution in [1.82, 2.24) is 9.97 Å². The third kappa shape index (κ3) is 2.69. The highest BCUT2D eigenvalue weighted by Crippen LogP contribution is 2.25. The Kier molecular flexibility index (Phi) is 3.84. The Morgan fingerprint density at radius 3 is 2.65 bits per heavy atom. The molecule has 0 amide bonds. The van der Waals surface area contributed by atoms with Crippen molar-refractivity contribution in [3.63, 3.8) is 0 Å². The second-order valence-electron chi connectivity index (χ2n) is 4.40. The summed E-state index contributed by atoms with van der Waals surface area (Å²) in [6, 6.07) is 5.25. The summed E-state index contributed by atoms with van der Waals surface area (Å²) < 4.78 is 5.30. The molecule has 0 saturated carbocycles. The zero-order valence-corrected chi connectivity index (χ0v) is 11.4. The summed E-state index contributed by atoms with van der Waals surface area (Å²) >= 11 is 0. The molecule has 0 bridgehead atoms. The van der Waals surface area contributed by atoms with Gasteiger partial charge in [0.15, 0.2) is 0 Å². The van der Waals surface area contributed by atoms with Crippen molar-refractivity contribution in [3.05, 3.63) is 40.6 Å². The molecule has 1 aromatic heterocycles. The molecule has 0 aliphatic rings. The topological polar surface area (TPSA) is 104 Å². The molecule has 2 aromatic rings. The van der Waals surface area contributed by atoms with Crippen LogP contribution in [-0.2, 0) is 6.42 Å². The number of aldehydes is 1. The van der Waals surface area contributed by atoms with Crippen molar-refractivity contribution in [2.75, 3.05) is 18.6 Å². The Balaban J connectivity index is 2.42. The Morgan fingerprint density at radius 2 is 2.05 bits per heavy atom. The van der Waals surface area contributed by atoms with E-state index >= 15 is 0 Å². The first-order chi connectivity index (χ1) is 9.55. The van der Waals surface area contributed by atoms with Crippen LogP contribution in [0.1, 0.15) is 27.2 Å². The smallest absolute Gasteiger partial charge is 0.222 e. The fraction of sp³-hybridized carbons (Fsp3) is 0.214. The summed E-state index contributed by atoms with van der Waals surface area (Å²) in [7, 11) is 1.56. The van der Waals surface area contributed by atoms with Crippen molar-refractivity contribution in [1.29, 1.82) is 0 Å². The van der Waals surface area contributed by atoms with E-state index in [0.717, 1.165) is 23.1 Å². The van der Waals surface area contributed by atoms with Gasteiger partial charge in [-0.3, -0.25) is 4.79 Å². The zero-order valence-electron chi connectivity index (χ0n) is 11.4.